The van der Waals surface area contributed by atoms with E-state index in [4.69, 9.17) is 8.83 Å². The maximum atomic E-state index is 6.53. The fourth-order valence-electron chi connectivity index (χ4n) is 12.4. The van der Waals surface area contributed by atoms with E-state index in [-0.39, 0.29) is 10.8 Å². The molecule has 336 valence electrons. The van der Waals surface area contributed by atoms with E-state index < -0.39 is 0 Å². The number of rotatable bonds is 7. The van der Waals surface area contributed by atoms with Crippen molar-refractivity contribution in [1.82, 2.24) is 0 Å². The quantitative estimate of drug-likeness (QED) is 0.160. The summed E-state index contributed by atoms with van der Waals surface area (Å²) < 4.78 is 13.1. The molecule has 10 aromatic carbocycles. The van der Waals surface area contributed by atoms with Gasteiger partial charge in [0.25, 0.3) is 0 Å². The predicted octanol–water partition coefficient (Wildman–Crippen LogP) is 19.0. The van der Waals surface area contributed by atoms with Crippen molar-refractivity contribution in [3.05, 3.63) is 222 Å². The average molecular weight is 902 g/mol. The van der Waals surface area contributed by atoms with E-state index >= 15 is 0 Å². The molecule has 3 heteroatoms. The molecule has 0 amide bonds. The third-order valence-electron chi connectivity index (χ3n) is 16.0. The van der Waals surface area contributed by atoms with Crippen molar-refractivity contribution >= 4 is 71.7 Å². The Bertz CT molecular complexity index is 3970. The van der Waals surface area contributed by atoms with Crippen molar-refractivity contribution in [2.45, 2.75) is 58.3 Å². The van der Waals surface area contributed by atoms with Crippen LogP contribution >= 0.6 is 0 Å². The number of furan rings is 2. The van der Waals surface area contributed by atoms with Gasteiger partial charge in [0, 0.05) is 60.4 Å². The fourth-order valence-corrected chi connectivity index (χ4v) is 12.4. The maximum Gasteiger partial charge on any atom is 0.143 e. The Labute approximate surface area is 408 Å². The summed E-state index contributed by atoms with van der Waals surface area (Å²) in [5.74, 6) is 0. The summed E-state index contributed by atoms with van der Waals surface area (Å²) in [6, 6.07) is 71.7. The van der Waals surface area contributed by atoms with Gasteiger partial charge >= 0.3 is 0 Å². The molecule has 0 unspecified atom stereocenters. The minimum Gasteiger partial charge on any atom is -0.455 e. The van der Waals surface area contributed by atoms with Crippen LogP contribution in [0.5, 0.6) is 0 Å². The lowest BCUT2D eigenvalue weighted by Crippen LogP contribution is -2.17. The predicted molar refractivity (Wildman–Crippen MR) is 293 cm³/mol. The zero-order valence-electron chi connectivity index (χ0n) is 40.2. The molecule has 0 spiro atoms. The van der Waals surface area contributed by atoms with E-state index in [1.165, 1.54) is 60.8 Å². The second kappa shape index (κ2) is 14.9. The normalized spacial score (nSPS) is 14.1. The minimum atomic E-state index is -0.240. The summed E-state index contributed by atoms with van der Waals surface area (Å²) in [5.41, 5.74) is 23.3. The highest BCUT2D eigenvalue weighted by Crippen LogP contribution is 2.60. The first-order valence-corrected chi connectivity index (χ1v) is 24.9. The van der Waals surface area contributed by atoms with E-state index in [0.717, 1.165) is 96.0 Å². The van der Waals surface area contributed by atoms with E-state index in [2.05, 4.69) is 222 Å². The first-order chi connectivity index (χ1) is 34.2. The number of para-hydroxylation sites is 4. The van der Waals surface area contributed by atoms with Gasteiger partial charge in [-0.15, -0.1) is 0 Å². The fraction of sp³-hybridized carbons (Fsp3) is 0.134. The SMILES string of the molecule is CCCc1ccc2ccc3c(c2c1)-c1cc2c(cc1C3(C)C)-c1c(N(c3ccc(-c4cccc5c4oc4ccccc45)cc3)c3ccc(-c4cccc5c4oc4ccccc45)cc3)cccc1C2(C)C. The number of hydrogen-bond donors (Lipinski definition) is 0. The molecule has 70 heavy (non-hydrogen) atoms. The number of fused-ring (bicyclic) bond motifs is 14. The Morgan fingerprint density at radius 1 is 0.400 bits per heavy atom. The molecular formula is C67H51NO2. The van der Waals surface area contributed by atoms with E-state index in [1.807, 2.05) is 12.1 Å². The maximum absolute atomic E-state index is 6.53. The third-order valence-corrected chi connectivity index (χ3v) is 16.0. The lowest BCUT2D eigenvalue weighted by Gasteiger charge is -2.29. The molecule has 0 atom stereocenters. The molecule has 0 fully saturated rings. The first kappa shape index (κ1) is 40.9. The van der Waals surface area contributed by atoms with Gasteiger partial charge < -0.3 is 13.7 Å². The standard InChI is InChI=1S/C67H51NO2/c1-6-14-40-25-26-43-31-36-56-62(52(43)37-40)53-38-58-54(39-57(53)67(56,4)5)63-55(66(58,2)3)21-13-22-59(63)68(44-32-27-41(28-33-44)46-17-11-19-50-48-15-7-9-23-60(48)69-64(46)50)45-34-29-42(30-35-45)47-18-12-20-51-49-16-8-10-24-61(49)70-65(47)51/h7-13,15-39H,6,14H2,1-5H3. The molecule has 0 bridgehead atoms. The Balaban J connectivity index is 0.948. The lowest BCUT2D eigenvalue weighted by atomic mass is 9.79. The highest BCUT2D eigenvalue weighted by molar-refractivity contribution is 6.11. The van der Waals surface area contributed by atoms with Crippen molar-refractivity contribution in [2.24, 2.45) is 0 Å². The molecule has 14 rings (SSSR count). The molecule has 2 aliphatic rings. The Kier molecular flexibility index (Phi) is 8.72. The molecule has 2 heterocycles. The van der Waals surface area contributed by atoms with Crippen molar-refractivity contribution < 1.29 is 8.83 Å². The molecule has 0 saturated carbocycles. The zero-order valence-corrected chi connectivity index (χ0v) is 40.2. The Morgan fingerprint density at radius 3 is 1.47 bits per heavy atom. The monoisotopic (exact) mass is 901 g/mol. The third kappa shape index (κ3) is 5.81. The largest absolute Gasteiger partial charge is 0.455 e. The number of aryl methyl sites for hydroxylation is 1. The molecule has 0 aliphatic heterocycles. The molecule has 2 aliphatic carbocycles. The number of nitrogens with zero attached hydrogens (tertiary/aromatic N) is 1. The summed E-state index contributed by atoms with van der Waals surface area (Å²) in [4.78, 5) is 2.47. The molecular weight excluding hydrogens is 851 g/mol. The van der Waals surface area contributed by atoms with Crippen LogP contribution in [0.2, 0.25) is 0 Å². The summed E-state index contributed by atoms with van der Waals surface area (Å²) in [6.07, 6.45) is 2.22. The second-order valence-corrected chi connectivity index (χ2v) is 20.7. The molecule has 2 aromatic heterocycles. The van der Waals surface area contributed by atoms with Crippen LogP contribution in [0.3, 0.4) is 0 Å². The van der Waals surface area contributed by atoms with Crippen LogP contribution in [-0.2, 0) is 17.3 Å². The highest BCUT2D eigenvalue weighted by atomic mass is 16.3. The van der Waals surface area contributed by atoms with Gasteiger partial charge in [-0.3, -0.25) is 0 Å². The Hall–Kier alpha value is -8.14. The van der Waals surface area contributed by atoms with Crippen LogP contribution in [0.1, 0.15) is 68.9 Å². The summed E-state index contributed by atoms with van der Waals surface area (Å²) in [7, 11) is 0. The topological polar surface area (TPSA) is 29.5 Å². The van der Waals surface area contributed by atoms with Crippen molar-refractivity contribution in [1.29, 1.82) is 0 Å². The van der Waals surface area contributed by atoms with Gasteiger partial charge in [0.1, 0.15) is 22.3 Å². The molecule has 0 radical (unpaired) electrons. The van der Waals surface area contributed by atoms with Gasteiger partial charge in [-0.2, -0.15) is 0 Å². The molecule has 0 N–H and O–H groups in total. The number of anilines is 3. The van der Waals surface area contributed by atoms with E-state index in [1.54, 1.807) is 0 Å². The smallest absolute Gasteiger partial charge is 0.143 e. The van der Waals surface area contributed by atoms with Gasteiger partial charge in [0.2, 0.25) is 0 Å². The van der Waals surface area contributed by atoms with Gasteiger partial charge in [-0.25, -0.2) is 0 Å². The van der Waals surface area contributed by atoms with Crippen LogP contribution in [-0.4, -0.2) is 0 Å². The van der Waals surface area contributed by atoms with Crippen molar-refractivity contribution in [3.63, 3.8) is 0 Å². The van der Waals surface area contributed by atoms with Crippen LogP contribution < -0.4 is 4.90 Å². The lowest BCUT2D eigenvalue weighted by molar-refractivity contribution is 0.652. The van der Waals surface area contributed by atoms with Crippen LogP contribution in [0.25, 0.3) is 99.2 Å². The second-order valence-electron chi connectivity index (χ2n) is 20.7. The summed E-state index contributed by atoms with van der Waals surface area (Å²) in [6.45, 7) is 12.0. The van der Waals surface area contributed by atoms with Gasteiger partial charge in [-0.1, -0.05) is 181 Å². The first-order valence-electron chi connectivity index (χ1n) is 24.9. The summed E-state index contributed by atoms with van der Waals surface area (Å²) >= 11 is 0. The van der Waals surface area contributed by atoms with Crippen LogP contribution in [0.4, 0.5) is 17.1 Å². The van der Waals surface area contributed by atoms with Gasteiger partial charge in [0.05, 0.1) is 5.69 Å². The minimum absolute atomic E-state index is 0.173. The Morgan fingerprint density at radius 2 is 0.900 bits per heavy atom. The van der Waals surface area contributed by atoms with Gasteiger partial charge in [-0.05, 0) is 127 Å². The van der Waals surface area contributed by atoms with E-state index in [0.29, 0.717) is 0 Å². The van der Waals surface area contributed by atoms with Crippen molar-refractivity contribution in [2.75, 3.05) is 4.90 Å². The van der Waals surface area contributed by atoms with Crippen LogP contribution in [0.15, 0.2) is 203 Å². The summed E-state index contributed by atoms with van der Waals surface area (Å²) in [5, 5.41) is 7.21. The molecule has 3 nitrogen and oxygen atoms in total. The molecule has 0 saturated heterocycles. The van der Waals surface area contributed by atoms with E-state index in [9.17, 15) is 0 Å². The highest BCUT2D eigenvalue weighted by Gasteiger charge is 2.43. The zero-order chi connectivity index (χ0) is 47.0. The average Bonchev–Trinajstić information content (AvgIpc) is 4.09. The van der Waals surface area contributed by atoms with Crippen molar-refractivity contribution in [3.8, 4) is 44.5 Å². The van der Waals surface area contributed by atoms with Crippen LogP contribution in [0, 0.1) is 0 Å². The molecule has 12 aromatic rings. The number of benzene rings is 10. The number of hydrogen-bond acceptors (Lipinski definition) is 3. The van der Waals surface area contributed by atoms with Gasteiger partial charge in [0.15, 0.2) is 0 Å².